The van der Waals surface area contributed by atoms with Crippen molar-refractivity contribution in [1.82, 2.24) is 0 Å². The summed E-state index contributed by atoms with van der Waals surface area (Å²) in [5.41, 5.74) is 3.94. The molecule has 118 heavy (non-hydrogen) atoms. The second-order valence-electron chi connectivity index (χ2n) is 48.2. The summed E-state index contributed by atoms with van der Waals surface area (Å²) in [5.74, 6) is -30.8. The van der Waals surface area contributed by atoms with Gasteiger partial charge in [0, 0.05) is 107 Å². The summed E-state index contributed by atoms with van der Waals surface area (Å²) in [6.45, 7) is -0.174. The van der Waals surface area contributed by atoms with E-state index in [0.717, 1.165) is 39.0 Å². The number of fused-ring (bicyclic) bond motifs is 10. The molecule has 4 spiro atoms. The van der Waals surface area contributed by atoms with Gasteiger partial charge in [-0.2, -0.15) is 0 Å². The smallest absolute Gasteiger partial charge is 0.331 e. The van der Waals surface area contributed by atoms with Crippen molar-refractivity contribution in [1.29, 1.82) is 0 Å². The summed E-state index contributed by atoms with van der Waals surface area (Å²) < 4.78 is 18.0. The number of epoxide rings is 2. The average molecular weight is 1590 g/mol. The van der Waals surface area contributed by atoms with Crippen molar-refractivity contribution < 1.29 is 99.2 Å². The Kier molecular flexibility index (Phi) is 9.84. The van der Waals surface area contributed by atoms with Crippen LogP contribution in [0.3, 0.4) is 0 Å². The fourth-order valence-corrected chi connectivity index (χ4v) is 50.1. The normalized spacial score (nSPS) is 68.3. The highest BCUT2D eigenvalue weighted by molar-refractivity contribution is 5.93. The molecule has 20 nitrogen and oxygen atoms in total. The molecule has 22 fully saturated rings. The summed E-state index contributed by atoms with van der Waals surface area (Å²) in [4.78, 5) is 109. The van der Waals surface area contributed by atoms with Crippen molar-refractivity contribution in [2.24, 2.45) is 301 Å². The summed E-state index contributed by atoms with van der Waals surface area (Å²) >= 11 is 0. The van der Waals surface area contributed by atoms with Crippen LogP contribution in [0.25, 0.3) is 0 Å². The minimum absolute atomic E-state index is 0.111. The van der Waals surface area contributed by atoms with Crippen LogP contribution in [0, 0.1) is 301 Å². The van der Waals surface area contributed by atoms with Crippen LogP contribution < -0.4 is 0 Å². The van der Waals surface area contributed by atoms with E-state index in [4.69, 9.17) is 4.74 Å². The van der Waals surface area contributed by atoms with Crippen LogP contribution in [-0.4, -0.2) is 150 Å². The monoisotopic (exact) mass is 1590 g/mol. The Hall–Kier alpha value is -6.13. The van der Waals surface area contributed by atoms with Crippen molar-refractivity contribution in [2.75, 3.05) is 6.61 Å². The summed E-state index contributed by atoms with van der Waals surface area (Å²) in [6.07, 6.45) is 14.4. The molecular weight excluding hydrogens is 1500 g/mol. The number of ether oxygens (including phenoxy) is 2. The molecule has 11 N–H and O–H groups in total. The number of aliphatic hydroxyl groups excluding tert-OH is 3. The minimum Gasteiger partial charge on any atom is -0.481 e. The maximum absolute atomic E-state index is 16.5. The fraction of sp³-hybridized carbons (Fsp3) is 0.745. The van der Waals surface area contributed by atoms with Crippen LogP contribution in [-0.2, 0) is 43.0 Å². The number of rotatable bonds is 7. The standard InChI is InChI=1S/C98H96O20/c99-19-92-18-40-60-64-45-20-9-30-32(86(103)104)10-21-12-38-59-67-52-29(85(38)102)6-3-26-61(91(113)114)63-43(100)17-36-48(89(109)110)35-13-22-14-39(87(105)106)71-23-1-4-27-46(75(92)51-28(84(27)101)5-2-24-47(88(107)108)25-7-8-41-49(90(111)112)34(11-20)55(64)77-62(40)76(92)69(50(24)51)73(25)93(41,77)115)31(23)16-42-33-15-37-58-65-54(33)82(95(22)96(42,71)117-95)57(35)66-56(36)78(63)94(116,72(26)52)79(68(65)66)70(67)83(58)98-80(59)44(21)53(30)81(45)97(98,118-98)74(37)60/h6-7,9-10,12,21-24,27-28,30-31,33-37,39-42,44-49,52-56,59-64,66-71,73-81,83-85,99,101-102,115-116H,1-5,8,11,13-19H2,(H,103,104)(H,105,106)(H,107,108)(H,109,110)(H,111,112)(H,113,114). The van der Waals surface area contributed by atoms with Gasteiger partial charge in [0.2, 0.25) is 0 Å². The molecule has 0 aromatic carbocycles. The number of hydrogen-bond acceptors (Lipinski definition) is 14. The molecule has 59 unspecified atom stereocenters. The number of ketones is 1. The van der Waals surface area contributed by atoms with Gasteiger partial charge in [-0.05, 0) is 288 Å². The Morgan fingerprint density at radius 2 is 1.25 bits per heavy atom. The number of carbonyl (C=O) groups excluding carboxylic acids is 1. The van der Waals surface area contributed by atoms with Gasteiger partial charge in [-0.1, -0.05) is 69.4 Å². The zero-order chi connectivity index (χ0) is 77.9. The first-order valence-corrected chi connectivity index (χ1v) is 47.2. The number of carbonyl (C=O) groups is 7. The molecular formula is C98H96O20. The van der Waals surface area contributed by atoms with E-state index < -0.39 is 229 Å². The molecule has 2 saturated heterocycles. The molecule has 2 aliphatic heterocycles. The third-order valence-corrected chi connectivity index (χ3v) is 49.1. The largest absolute Gasteiger partial charge is 0.481 e. The molecule has 608 valence electrons. The lowest BCUT2D eigenvalue weighted by atomic mass is 9.19. The lowest BCUT2D eigenvalue weighted by molar-refractivity contribution is -0.319. The third-order valence-electron chi connectivity index (χ3n) is 49.1. The zero-order valence-electron chi connectivity index (χ0n) is 64.9. The number of aliphatic hydroxyl groups is 5. The van der Waals surface area contributed by atoms with E-state index in [1.807, 2.05) is 6.08 Å². The van der Waals surface area contributed by atoms with E-state index >= 15 is 43.8 Å². The lowest BCUT2D eigenvalue weighted by Crippen LogP contribution is -2.85. The van der Waals surface area contributed by atoms with E-state index in [1.165, 1.54) is 16.7 Å². The molecule has 0 aromatic rings. The average Bonchev–Trinajstić information content (AvgIpc) is 1.38. The Morgan fingerprint density at radius 3 is 2.03 bits per heavy atom. The van der Waals surface area contributed by atoms with Crippen LogP contribution in [0.1, 0.15) is 83.5 Å². The molecule has 2 heterocycles. The van der Waals surface area contributed by atoms with E-state index in [-0.39, 0.29) is 192 Å². The first kappa shape index (κ1) is 64.6. The number of aliphatic carboxylic acids is 6. The first-order valence-electron chi connectivity index (χ1n) is 47.2. The Bertz CT molecular complexity index is 5710. The van der Waals surface area contributed by atoms with E-state index in [9.17, 15) is 50.7 Å². The zero-order valence-corrected chi connectivity index (χ0v) is 64.9. The Balaban J connectivity index is 0.735. The van der Waals surface area contributed by atoms with Crippen molar-refractivity contribution >= 4 is 41.6 Å². The second kappa shape index (κ2) is 18.0. The van der Waals surface area contributed by atoms with Crippen LogP contribution >= 0.6 is 0 Å². The maximum atomic E-state index is 16.5. The molecule has 59 atom stereocenters. The maximum Gasteiger partial charge on any atom is 0.331 e. The molecule has 0 aromatic heterocycles. The van der Waals surface area contributed by atoms with Gasteiger partial charge in [-0.3, -0.25) is 28.8 Å². The molecule has 0 radical (unpaired) electrons. The highest BCUT2D eigenvalue weighted by Crippen LogP contribution is 2.99. The predicted octanol–water partition coefficient (Wildman–Crippen LogP) is 7.39. The van der Waals surface area contributed by atoms with Crippen molar-refractivity contribution in [3.63, 3.8) is 0 Å². The molecule has 0 amide bonds. The molecule has 32 aliphatic carbocycles. The quantitative estimate of drug-likeness (QED) is 0.0874. The van der Waals surface area contributed by atoms with E-state index in [0.29, 0.717) is 74.5 Å². The Labute approximate surface area is 677 Å². The third kappa shape index (κ3) is 5.30. The summed E-state index contributed by atoms with van der Waals surface area (Å²) in [5, 5.41) is 151. The van der Waals surface area contributed by atoms with E-state index in [1.54, 1.807) is 0 Å². The number of Topliss-reactive ketones (excluding diaryl/α,β-unsaturated/α-hetero) is 1. The second-order valence-corrected chi connectivity index (χ2v) is 48.2. The van der Waals surface area contributed by atoms with Crippen LogP contribution in [0.4, 0.5) is 0 Å². The van der Waals surface area contributed by atoms with Crippen LogP contribution in [0.15, 0.2) is 103 Å². The van der Waals surface area contributed by atoms with Crippen molar-refractivity contribution in [3.05, 3.63) is 103 Å². The van der Waals surface area contributed by atoms with Gasteiger partial charge in [0.25, 0.3) is 0 Å². The molecule has 34 rings (SSSR count). The summed E-state index contributed by atoms with van der Waals surface area (Å²) in [6, 6.07) is 0. The molecule has 20 heteroatoms. The van der Waals surface area contributed by atoms with Crippen molar-refractivity contribution in [2.45, 2.75) is 129 Å². The summed E-state index contributed by atoms with van der Waals surface area (Å²) in [7, 11) is 0. The van der Waals surface area contributed by atoms with Gasteiger partial charge >= 0.3 is 35.8 Å². The fourth-order valence-electron chi connectivity index (χ4n) is 50.1. The molecule has 34 aliphatic rings. The van der Waals surface area contributed by atoms with E-state index in [2.05, 4.69) is 24.3 Å². The first-order chi connectivity index (χ1) is 57.0. The van der Waals surface area contributed by atoms with Crippen LogP contribution in [0.5, 0.6) is 0 Å². The predicted molar refractivity (Wildman–Crippen MR) is 398 cm³/mol. The van der Waals surface area contributed by atoms with Gasteiger partial charge in [-0.25, -0.2) is 4.79 Å². The number of allylic oxidation sites excluding steroid dienone is 9. The number of carboxylic acids is 6. The van der Waals surface area contributed by atoms with Crippen LogP contribution in [0.2, 0.25) is 0 Å². The number of carboxylic acid groups (broad SMARTS) is 6. The van der Waals surface area contributed by atoms with Gasteiger partial charge in [0.15, 0.2) is 0 Å². The van der Waals surface area contributed by atoms with Gasteiger partial charge in [-0.15, -0.1) is 0 Å². The topological polar surface area (TPSA) is 367 Å². The van der Waals surface area contributed by atoms with Crippen molar-refractivity contribution in [3.8, 4) is 0 Å². The Morgan fingerprint density at radius 1 is 0.475 bits per heavy atom. The lowest BCUT2D eigenvalue weighted by Gasteiger charge is -2.83. The SMILES string of the molecule is O=C(O)C1=CC2C=C3C(O)C4=CCC5=C6C4C4C3C3C2C2C1C=C1CC7C(C(=O)O)C8CC=C9C(C(=O)O)C%10CCC%11C%12=C%10C%10C%13C%14C%15CC%13(CO)C%12C%12C(CCC%13C%12CC%12C%16CC%17C%18=C%19C%16C%16=C%20C(CC%21CC(C(=O)O)C%13C%12%13OC%16%21%13)C(C(=O)O)C%12CC(=O)C(C5C(=O)O)C5C%12C%20C%19C(C4C%18C34OC43C%17C%15C(C1C23)C7C%14C8(O)C9%10)C65O)C%11O. The van der Waals surface area contributed by atoms with Gasteiger partial charge in [0.05, 0.1) is 53.0 Å². The van der Waals surface area contributed by atoms with Gasteiger partial charge in [0.1, 0.15) is 28.2 Å². The minimum atomic E-state index is -1.85. The highest BCUT2D eigenvalue weighted by atomic mass is 16.6. The highest BCUT2D eigenvalue weighted by Gasteiger charge is 3.02. The molecule has 0 bridgehead atoms. The molecule has 20 saturated carbocycles. The van der Waals surface area contributed by atoms with Gasteiger partial charge < -0.3 is 65.6 Å². The number of hydrogen-bond donors (Lipinski definition) is 11.